The molecule has 0 radical (unpaired) electrons. The molecule has 1 aliphatic rings. The molecule has 0 aliphatic carbocycles. The summed E-state index contributed by atoms with van der Waals surface area (Å²) in [5.41, 5.74) is 5.44. The molecule has 0 atom stereocenters. The number of hydrogen-bond acceptors (Lipinski definition) is 3. The first-order valence-corrected chi connectivity index (χ1v) is 12.5. The Hall–Kier alpha value is -2.64. The molecule has 1 fully saturated rings. The summed E-state index contributed by atoms with van der Waals surface area (Å²) in [6.07, 6.45) is 3.00. The van der Waals surface area contributed by atoms with E-state index >= 15 is 0 Å². The van der Waals surface area contributed by atoms with Crippen LogP contribution in [-0.4, -0.2) is 36.3 Å². The van der Waals surface area contributed by atoms with Gasteiger partial charge in [0, 0.05) is 43.2 Å². The van der Waals surface area contributed by atoms with Gasteiger partial charge in [-0.1, -0.05) is 12.1 Å². The van der Waals surface area contributed by atoms with Crippen LogP contribution in [0.5, 0.6) is 0 Å². The Labute approximate surface area is 190 Å². The average molecular weight is 454 g/mol. The Morgan fingerprint density at radius 2 is 1.62 bits per heavy atom. The van der Waals surface area contributed by atoms with Crippen molar-refractivity contribution < 1.29 is 13.2 Å². The van der Waals surface area contributed by atoms with Gasteiger partial charge in [-0.15, -0.1) is 0 Å². The number of carbonyl (C=O) groups is 1. The maximum absolute atomic E-state index is 13.5. The average Bonchev–Trinajstić information content (AvgIpc) is 3.14. The highest BCUT2D eigenvalue weighted by molar-refractivity contribution is 7.89. The van der Waals surface area contributed by atoms with Crippen LogP contribution >= 0.6 is 0 Å². The summed E-state index contributed by atoms with van der Waals surface area (Å²) >= 11 is 0. The predicted octanol–water partition coefficient (Wildman–Crippen LogP) is 4.45. The molecule has 1 saturated heterocycles. The van der Waals surface area contributed by atoms with Gasteiger partial charge >= 0.3 is 0 Å². The number of piperidine rings is 1. The summed E-state index contributed by atoms with van der Waals surface area (Å²) in [6.45, 7) is 8.34. The summed E-state index contributed by atoms with van der Waals surface area (Å²) < 4.78 is 30.5. The van der Waals surface area contributed by atoms with Crippen molar-refractivity contribution >= 4 is 32.5 Å². The standard InChI is InChI=1S/C25H31N3O3S/c1-16-15-17(2)19(4)24(18(16)3)32(30,31)28-13-9-20(10-14-28)25(29)26-22-7-6-8-23-21(22)11-12-27(23)5/h6-8,11-12,15,20H,9-10,13-14H2,1-5H3,(H,26,29). The van der Waals surface area contributed by atoms with Gasteiger partial charge in [0.15, 0.2) is 0 Å². The molecule has 2 aromatic carbocycles. The summed E-state index contributed by atoms with van der Waals surface area (Å²) in [7, 11) is -1.63. The van der Waals surface area contributed by atoms with E-state index in [0.29, 0.717) is 30.8 Å². The number of amides is 1. The largest absolute Gasteiger partial charge is 0.350 e. The second-order valence-electron chi connectivity index (χ2n) is 8.92. The smallest absolute Gasteiger partial charge is 0.243 e. The third-order valence-corrected chi connectivity index (χ3v) is 9.08. The van der Waals surface area contributed by atoms with E-state index in [4.69, 9.17) is 0 Å². The molecule has 3 aromatic rings. The number of benzene rings is 2. The fourth-order valence-electron chi connectivity index (χ4n) is 4.70. The fraction of sp³-hybridized carbons (Fsp3) is 0.400. The van der Waals surface area contributed by atoms with Crippen LogP contribution in [0.4, 0.5) is 5.69 Å². The van der Waals surface area contributed by atoms with Crippen molar-refractivity contribution in [2.24, 2.45) is 13.0 Å². The minimum atomic E-state index is -3.60. The normalized spacial score (nSPS) is 15.9. The van der Waals surface area contributed by atoms with Crippen molar-refractivity contribution in [2.75, 3.05) is 18.4 Å². The predicted molar refractivity (Wildman–Crippen MR) is 128 cm³/mol. The number of rotatable bonds is 4. The molecule has 0 spiro atoms. The van der Waals surface area contributed by atoms with Gasteiger partial charge in [-0.25, -0.2) is 8.42 Å². The molecule has 32 heavy (non-hydrogen) atoms. The molecule has 7 heteroatoms. The summed E-state index contributed by atoms with van der Waals surface area (Å²) in [5.74, 6) is -0.251. The quantitative estimate of drug-likeness (QED) is 0.634. The minimum absolute atomic E-state index is 0.0443. The summed E-state index contributed by atoms with van der Waals surface area (Å²) in [4.78, 5) is 13.4. The van der Waals surface area contributed by atoms with Crippen molar-refractivity contribution in [1.82, 2.24) is 8.87 Å². The van der Waals surface area contributed by atoms with Gasteiger partial charge in [0.05, 0.1) is 10.6 Å². The molecule has 6 nitrogen and oxygen atoms in total. The Kier molecular flexibility index (Phi) is 5.90. The number of fused-ring (bicyclic) bond motifs is 1. The van der Waals surface area contributed by atoms with E-state index in [9.17, 15) is 13.2 Å². The van der Waals surface area contributed by atoms with Crippen molar-refractivity contribution in [2.45, 2.75) is 45.4 Å². The second-order valence-corrected chi connectivity index (χ2v) is 10.8. The summed E-state index contributed by atoms with van der Waals surface area (Å²) in [6, 6.07) is 9.89. The number of aryl methyl sites for hydroxylation is 3. The van der Waals surface area contributed by atoms with Gasteiger partial charge in [-0.2, -0.15) is 4.31 Å². The van der Waals surface area contributed by atoms with Gasteiger partial charge in [-0.05, 0) is 81.0 Å². The van der Waals surface area contributed by atoms with Crippen molar-refractivity contribution in [3.8, 4) is 0 Å². The number of nitrogens with one attached hydrogen (secondary N) is 1. The third kappa shape index (κ3) is 3.84. The molecular formula is C25H31N3O3S. The van der Waals surface area contributed by atoms with Crippen LogP contribution in [0, 0.1) is 33.6 Å². The SMILES string of the molecule is Cc1cc(C)c(C)c(S(=O)(=O)N2CCC(C(=O)Nc3cccc4c3ccn4C)CC2)c1C. The number of sulfonamides is 1. The van der Waals surface area contributed by atoms with Crippen LogP contribution in [0.1, 0.15) is 35.1 Å². The molecule has 1 N–H and O–H groups in total. The van der Waals surface area contributed by atoms with Gasteiger partial charge in [0.2, 0.25) is 15.9 Å². The van der Waals surface area contributed by atoms with Gasteiger partial charge in [0.1, 0.15) is 0 Å². The van der Waals surface area contributed by atoms with Crippen LogP contribution < -0.4 is 5.32 Å². The molecular weight excluding hydrogens is 422 g/mol. The van der Waals surface area contributed by atoms with E-state index in [0.717, 1.165) is 38.8 Å². The lowest BCUT2D eigenvalue weighted by Gasteiger charge is -2.32. The zero-order chi connectivity index (χ0) is 23.2. The molecule has 170 valence electrons. The van der Waals surface area contributed by atoms with E-state index in [1.807, 2.05) is 75.8 Å². The second kappa shape index (κ2) is 8.37. The Bertz CT molecular complexity index is 1270. The Morgan fingerprint density at radius 1 is 1.00 bits per heavy atom. The number of carbonyl (C=O) groups excluding carboxylic acids is 1. The lowest BCUT2D eigenvalue weighted by molar-refractivity contribution is -0.120. The summed E-state index contributed by atoms with van der Waals surface area (Å²) in [5, 5.41) is 4.07. The third-order valence-electron chi connectivity index (χ3n) is 6.91. The number of anilines is 1. The first-order valence-electron chi connectivity index (χ1n) is 11.0. The van der Waals surface area contributed by atoms with Crippen LogP contribution in [-0.2, 0) is 21.9 Å². The first kappa shape index (κ1) is 22.6. The molecule has 1 amide bonds. The van der Waals surface area contributed by atoms with Crippen LogP contribution in [0.3, 0.4) is 0 Å². The fourth-order valence-corrected chi connectivity index (χ4v) is 6.75. The van der Waals surface area contributed by atoms with Crippen molar-refractivity contribution in [3.05, 3.63) is 58.8 Å². The van der Waals surface area contributed by atoms with Gasteiger partial charge in [-0.3, -0.25) is 4.79 Å². The molecule has 0 saturated carbocycles. The molecule has 0 bridgehead atoms. The van der Waals surface area contributed by atoms with E-state index in [-0.39, 0.29) is 11.8 Å². The number of hydrogen-bond donors (Lipinski definition) is 1. The molecule has 4 rings (SSSR count). The lowest BCUT2D eigenvalue weighted by Crippen LogP contribution is -2.41. The Balaban J connectivity index is 1.49. The van der Waals surface area contributed by atoms with E-state index in [1.165, 1.54) is 0 Å². The van der Waals surface area contributed by atoms with Crippen molar-refractivity contribution in [1.29, 1.82) is 0 Å². The highest BCUT2D eigenvalue weighted by atomic mass is 32.2. The zero-order valence-corrected chi connectivity index (χ0v) is 20.2. The maximum atomic E-state index is 13.5. The molecule has 1 aliphatic heterocycles. The number of aromatic nitrogens is 1. The van der Waals surface area contributed by atoms with Gasteiger partial charge in [0.25, 0.3) is 0 Å². The monoisotopic (exact) mass is 453 g/mol. The van der Waals surface area contributed by atoms with Gasteiger partial charge < -0.3 is 9.88 Å². The molecule has 2 heterocycles. The molecule has 1 aromatic heterocycles. The lowest BCUT2D eigenvalue weighted by atomic mass is 9.97. The topological polar surface area (TPSA) is 71.4 Å². The highest BCUT2D eigenvalue weighted by Crippen LogP contribution is 2.32. The Morgan fingerprint density at radius 3 is 2.25 bits per heavy atom. The first-order chi connectivity index (χ1) is 15.1. The van der Waals surface area contributed by atoms with Crippen LogP contribution in [0.2, 0.25) is 0 Å². The molecule has 0 unspecified atom stereocenters. The maximum Gasteiger partial charge on any atom is 0.243 e. The van der Waals surface area contributed by atoms with E-state index in [1.54, 1.807) is 4.31 Å². The van der Waals surface area contributed by atoms with Crippen LogP contribution in [0.25, 0.3) is 10.9 Å². The highest BCUT2D eigenvalue weighted by Gasteiger charge is 2.34. The van der Waals surface area contributed by atoms with Crippen LogP contribution in [0.15, 0.2) is 41.4 Å². The van der Waals surface area contributed by atoms with Crippen molar-refractivity contribution in [3.63, 3.8) is 0 Å². The number of nitrogens with zero attached hydrogens (tertiary/aromatic N) is 2. The van der Waals surface area contributed by atoms with E-state index in [2.05, 4.69) is 5.32 Å². The van der Waals surface area contributed by atoms with E-state index < -0.39 is 10.0 Å². The minimum Gasteiger partial charge on any atom is -0.350 e. The zero-order valence-electron chi connectivity index (χ0n) is 19.4.